The summed E-state index contributed by atoms with van der Waals surface area (Å²) >= 11 is 3.20. The van der Waals surface area contributed by atoms with Crippen molar-refractivity contribution in [3.8, 4) is 0 Å². The molecule has 2 rings (SSSR count). The molecule has 4 nitrogen and oxygen atoms in total. The van der Waals surface area contributed by atoms with Crippen LogP contribution in [0.1, 0.15) is 10.4 Å². The molecule has 13 heavy (non-hydrogen) atoms. The smallest absolute Gasteiger partial charge is 0.0741 e. The van der Waals surface area contributed by atoms with Crippen LogP contribution in [0.4, 0.5) is 0 Å². The van der Waals surface area contributed by atoms with Crippen molar-refractivity contribution in [3.63, 3.8) is 0 Å². The lowest BCUT2D eigenvalue weighted by Crippen LogP contribution is -2.22. The molecule has 2 aromatic rings. The lowest BCUT2D eigenvalue weighted by molar-refractivity contribution is -0.254. The minimum Gasteiger partial charge on any atom is -0.545 e. The number of fused-ring (bicyclic) bond motifs is 1. The Labute approximate surface area is 81.7 Å². The Bertz CT molecular complexity index is 478. The minimum atomic E-state index is -1.21. The highest BCUT2D eigenvalue weighted by molar-refractivity contribution is 9.10. The van der Waals surface area contributed by atoms with E-state index in [1.807, 2.05) is 0 Å². The molecule has 66 valence electrons. The van der Waals surface area contributed by atoms with Crippen LogP contribution < -0.4 is 5.11 Å². The molecule has 1 aromatic heterocycles. The highest BCUT2D eigenvalue weighted by Crippen LogP contribution is 2.21. The van der Waals surface area contributed by atoms with E-state index in [-0.39, 0.29) is 5.56 Å². The Morgan fingerprint density at radius 3 is 3.00 bits per heavy atom. The van der Waals surface area contributed by atoms with Gasteiger partial charge in [-0.25, -0.2) is 0 Å². The van der Waals surface area contributed by atoms with E-state index in [0.717, 1.165) is 5.39 Å². The molecule has 0 amide bonds. The van der Waals surface area contributed by atoms with Crippen LogP contribution in [-0.2, 0) is 0 Å². The number of carbonyl (C=O) groups excluding carboxylic acids is 1. The van der Waals surface area contributed by atoms with Gasteiger partial charge in [-0.1, -0.05) is 15.9 Å². The number of hydrogen-bond donors (Lipinski definition) is 1. The van der Waals surface area contributed by atoms with E-state index in [4.69, 9.17) is 0 Å². The first kappa shape index (κ1) is 8.25. The van der Waals surface area contributed by atoms with Crippen molar-refractivity contribution in [1.29, 1.82) is 0 Å². The molecule has 0 spiro atoms. The van der Waals surface area contributed by atoms with Gasteiger partial charge in [0.2, 0.25) is 0 Å². The lowest BCUT2D eigenvalue weighted by atomic mass is 10.1. The van der Waals surface area contributed by atoms with Crippen molar-refractivity contribution in [2.75, 3.05) is 0 Å². The number of nitrogens with one attached hydrogen (secondary N) is 1. The Balaban J connectivity index is 2.84. The normalized spacial score (nSPS) is 10.5. The average Bonchev–Trinajstić information content (AvgIpc) is 2.49. The van der Waals surface area contributed by atoms with Gasteiger partial charge in [0.1, 0.15) is 0 Å². The highest BCUT2D eigenvalue weighted by Gasteiger charge is 2.05. The molecule has 0 unspecified atom stereocenters. The second kappa shape index (κ2) is 2.85. The Hall–Kier alpha value is -1.36. The number of benzene rings is 1. The second-order valence-corrected chi connectivity index (χ2v) is 3.49. The second-order valence-electron chi connectivity index (χ2n) is 2.58. The monoisotopic (exact) mass is 239 g/mol. The first-order valence-electron chi connectivity index (χ1n) is 3.52. The van der Waals surface area contributed by atoms with Gasteiger partial charge in [0.05, 0.1) is 17.7 Å². The summed E-state index contributed by atoms with van der Waals surface area (Å²) in [4.78, 5) is 10.7. The topological polar surface area (TPSA) is 68.8 Å². The molecule has 0 saturated carbocycles. The van der Waals surface area contributed by atoms with Crippen LogP contribution in [0, 0.1) is 0 Å². The molecule has 0 aliphatic rings. The van der Waals surface area contributed by atoms with Gasteiger partial charge in [-0.15, -0.1) is 0 Å². The predicted octanol–water partition coefficient (Wildman–Crippen LogP) is 0.689. The zero-order chi connectivity index (χ0) is 9.42. The zero-order valence-corrected chi connectivity index (χ0v) is 7.96. The van der Waals surface area contributed by atoms with Gasteiger partial charge in [0.25, 0.3) is 0 Å². The predicted molar refractivity (Wildman–Crippen MR) is 48.1 cm³/mol. The van der Waals surface area contributed by atoms with Crippen LogP contribution >= 0.6 is 15.9 Å². The SMILES string of the molecule is O=C([O-])c1cc(Br)cc2cn[nH]c12. The fourth-order valence-electron chi connectivity index (χ4n) is 1.18. The number of aromatic amines is 1. The van der Waals surface area contributed by atoms with Crippen molar-refractivity contribution in [1.82, 2.24) is 10.2 Å². The molecule has 0 aliphatic heterocycles. The molecule has 1 aromatic carbocycles. The summed E-state index contributed by atoms with van der Waals surface area (Å²) < 4.78 is 0.695. The van der Waals surface area contributed by atoms with Gasteiger partial charge >= 0.3 is 0 Å². The van der Waals surface area contributed by atoms with Gasteiger partial charge in [-0.05, 0) is 12.1 Å². The van der Waals surface area contributed by atoms with Crippen molar-refractivity contribution >= 4 is 32.8 Å². The van der Waals surface area contributed by atoms with Crippen LogP contribution in [-0.4, -0.2) is 16.2 Å². The number of carbonyl (C=O) groups is 1. The van der Waals surface area contributed by atoms with E-state index in [1.54, 1.807) is 12.3 Å². The van der Waals surface area contributed by atoms with E-state index < -0.39 is 5.97 Å². The number of rotatable bonds is 1. The van der Waals surface area contributed by atoms with Crippen molar-refractivity contribution in [2.24, 2.45) is 0 Å². The Morgan fingerprint density at radius 1 is 1.54 bits per heavy atom. The summed E-state index contributed by atoms with van der Waals surface area (Å²) in [5.74, 6) is -1.21. The Morgan fingerprint density at radius 2 is 2.31 bits per heavy atom. The maximum atomic E-state index is 10.7. The van der Waals surface area contributed by atoms with Crippen LogP contribution in [0.2, 0.25) is 0 Å². The molecule has 0 bridgehead atoms. The quantitative estimate of drug-likeness (QED) is 0.797. The third kappa shape index (κ3) is 1.31. The first-order chi connectivity index (χ1) is 6.18. The van der Waals surface area contributed by atoms with E-state index in [2.05, 4.69) is 26.1 Å². The number of carboxylic acid groups (broad SMARTS) is 1. The molecule has 0 saturated heterocycles. The Kier molecular flexibility index (Phi) is 1.81. The molecular formula is C8H4BrN2O2-. The third-order valence-corrected chi connectivity index (χ3v) is 2.19. The van der Waals surface area contributed by atoms with Gasteiger partial charge in [0, 0.05) is 15.4 Å². The van der Waals surface area contributed by atoms with Crippen molar-refractivity contribution < 1.29 is 9.90 Å². The number of aromatic carboxylic acids is 1. The molecule has 1 N–H and O–H groups in total. The summed E-state index contributed by atoms with van der Waals surface area (Å²) in [6, 6.07) is 3.26. The average molecular weight is 240 g/mol. The fourth-order valence-corrected chi connectivity index (χ4v) is 1.66. The lowest BCUT2D eigenvalue weighted by Gasteiger charge is -2.03. The molecule has 0 atom stereocenters. The summed E-state index contributed by atoms with van der Waals surface area (Å²) in [6.07, 6.45) is 1.56. The van der Waals surface area contributed by atoms with E-state index in [9.17, 15) is 9.90 Å². The van der Waals surface area contributed by atoms with Gasteiger partial charge in [-0.2, -0.15) is 5.10 Å². The molecule has 0 aliphatic carbocycles. The maximum absolute atomic E-state index is 10.7. The molecule has 0 fully saturated rings. The largest absolute Gasteiger partial charge is 0.545 e. The van der Waals surface area contributed by atoms with Crippen molar-refractivity contribution in [2.45, 2.75) is 0 Å². The molecule has 0 radical (unpaired) electrons. The number of carboxylic acids is 1. The first-order valence-corrected chi connectivity index (χ1v) is 4.32. The van der Waals surface area contributed by atoms with Gasteiger partial charge in [-0.3, -0.25) is 5.10 Å². The summed E-state index contributed by atoms with van der Waals surface area (Å²) in [5.41, 5.74) is 0.602. The number of hydrogen-bond acceptors (Lipinski definition) is 3. The standard InChI is InChI=1S/C8H5BrN2O2/c9-5-1-4-3-10-11-7(4)6(2-5)8(12)13/h1-3H,(H,10,11)(H,12,13)/p-1. The highest BCUT2D eigenvalue weighted by atomic mass is 79.9. The van der Waals surface area contributed by atoms with Crippen LogP contribution in [0.5, 0.6) is 0 Å². The zero-order valence-electron chi connectivity index (χ0n) is 6.37. The minimum absolute atomic E-state index is 0.113. The van der Waals surface area contributed by atoms with Gasteiger partial charge < -0.3 is 9.90 Å². The molecule has 1 heterocycles. The van der Waals surface area contributed by atoms with Crippen LogP contribution in [0.3, 0.4) is 0 Å². The molecular weight excluding hydrogens is 236 g/mol. The van der Waals surface area contributed by atoms with Crippen LogP contribution in [0.15, 0.2) is 22.8 Å². The number of H-pyrrole nitrogens is 1. The summed E-state index contributed by atoms with van der Waals surface area (Å²) in [7, 11) is 0. The number of aromatic nitrogens is 2. The van der Waals surface area contributed by atoms with Crippen LogP contribution in [0.25, 0.3) is 10.9 Å². The summed E-state index contributed by atoms with van der Waals surface area (Å²) in [5, 5.41) is 17.8. The third-order valence-electron chi connectivity index (χ3n) is 1.73. The number of nitrogens with zero attached hydrogens (tertiary/aromatic N) is 1. The van der Waals surface area contributed by atoms with E-state index >= 15 is 0 Å². The maximum Gasteiger partial charge on any atom is 0.0741 e. The van der Waals surface area contributed by atoms with E-state index in [0.29, 0.717) is 9.99 Å². The molecule has 5 heteroatoms. The summed E-state index contributed by atoms with van der Waals surface area (Å²) in [6.45, 7) is 0. The van der Waals surface area contributed by atoms with Gasteiger partial charge in [0.15, 0.2) is 0 Å². The fraction of sp³-hybridized carbons (Fsp3) is 0. The van der Waals surface area contributed by atoms with Crippen molar-refractivity contribution in [3.05, 3.63) is 28.4 Å². The van der Waals surface area contributed by atoms with E-state index in [1.165, 1.54) is 6.07 Å². The number of halogens is 1.